The largest absolute Gasteiger partial charge is 0.496 e. The monoisotopic (exact) mass is 249 g/mol. The predicted molar refractivity (Wildman–Crippen MR) is 73.1 cm³/mol. The molecule has 1 aromatic carbocycles. The van der Waals surface area contributed by atoms with Crippen LogP contribution in [0.25, 0.3) is 0 Å². The van der Waals surface area contributed by atoms with Gasteiger partial charge in [-0.15, -0.1) is 0 Å². The van der Waals surface area contributed by atoms with Gasteiger partial charge in [-0.3, -0.25) is 0 Å². The molecule has 1 aliphatic rings. The fourth-order valence-electron chi connectivity index (χ4n) is 2.62. The maximum absolute atomic E-state index is 10.4. The van der Waals surface area contributed by atoms with Crippen molar-refractivity contribution >= 4 is 0 Å². The van der Waals surface area contributed by atoms with Crippen molar-refractivity contribution in [3.8, 4) is 5.75 Å². The molecule has 1 heterocycles. The minimum Gasteiger partial charge on any atom is -0.496 e. The van der Waals surface area contributed by atoms with E-state index in [1.165, 1.54) is 5.56 Å². The molecule has 0 amide bonds. The molecule has 1 aromatic rings. The zero-order valence-corrected chi connectivity index (χ0v) is 11.3. The van der Waals surface area contributed by atoms with Gasteiger partial charge in [0.15, 0.2) is 0 Å². The van der Waals surface area contributed by atoms with Gasteiger partial charge in [-0.2, -0.15) is 0 Å². The van der Waals surface area contributed by atoms with E-state index in [9.17, 15) is 5.11 Å². The molecule has 2 rings (SSSR count). The molecule has 100 valence electrons. The Kier molecular flexibility index (Phi) is 4.25. The Labute approximate surface area is 109 Å². The summed E-state index contributed by atoms with van der Waals surface area (Å²) in [6, 6.07) is 6.26. The Hall–Kier alpha value is -1.06. The van der Waals surface area contributed by atoms with E-state index in [0.29, 0.717) is 0 Å². The lowest BCUT2D eigenvalue weighted by Crippen LogP contribution is -2.42. The quantitative estimate of drug-likeness (QED) is 0.858. The van der Waals surface area contributed by atoms with Crippen LogP contribution in [0.2, 0.25) is 0 Å². The van der Waals surface area contributed by atoms with Crippen LogP contribution in [-0.4, -0.2) is 30.9 Å². The molecule has 0 spiro atoms. The van der Waals surface area contributed by atoms with Crippen LogP contribution in [-0.2, 0) is 6.42 Å². The van der Waals surface area contributed by atoms with Gasteiger partial charge in [0.25, 0.3) is 0 Å². The molecule has 0 aromatic heterocycles. The lowest BCUT2D eigenvalue weighted by Gasteiger charge is -2.32. The summed E-state index contributed by atoms with van der Waals surface area (Å²) in [7, 11) is 1.69. The summed E-state index contributed by atoms with van der Waals surface area (Å²) >= 11 is 0. The zero-order chi connectivity index (χ0) is 13.0. The molecule has 0 bridgehead atoms. The average Bonchev–Trinajstić information content (AvgIpc) is 2.38. The summed E-state index contributed by atoms with van der Waals surface area (Å²) in [6.45, 7) is 3.91. The van der Waals surface area contributed by atoms with Gasteiger partial charge >= 0.3 is 0 Å². The predicted octanol–water partition coefficient (Wildman–Crippen LogP) is 2.05. The van der Waals surface area contributed by atoms with Crippen molar-refractivity contribution in [2.24, 2.45) is 0 Å². The standard InChI is InChI=1S/C15H23NO2/c1-12-11-13(3-4-14(12)18-2)5-6-15(17)7-9-16-10-8-15/h3-4,11,16-17H,5-10H2,1-2H3. The highest BCUT2D eigenvalue weighted by molar-refractivity contribution is 5.36. The van der Waals surface area contributed by atoms with Gasteiger partial charge in [0.2, 0.25) is 0 Å². The van der Waals surface area contributed by atoms with E-state index in [0.717, 1.165) is 50.1 Å². The van der Waals surface area contributed by atoms with Gasteiger partial charge in [-0.25, -0.2) is 0 Å². The van der Waals surface area contributed by atoms with Gasteiger partial charge in [0.05, 0.1) is 12.7 Å². The molecule has 18 heavy (non-hydrogen) atoms. The number of hydrogen-bond acceptors (Lipinski definition) is 3. The van der Waals surface area contributed by atoms with Crippen LogP contribution in [0.3, 0.4) is 0 Å². The Morgan fingerprint density at radius 1 is 1.33 bits per heavy atom. The normalized spacial score (nSPS) is 18.6. The minimum absolute atomic E-state index is 0.473. The molecule has 0 radical (unpaired) electrons. The summed E-state index contributed by atoms with van der Waals surface area (Å²) in [5.74, 6) is 0.930. The van der Waals surface area contributed by atoms with Crippen molar-refractivity contribution in [2.75, 3.05) is 20.2 Å². The summed E-state index contributed by atoms with van der Waals surface area (Å²) in [5.41, 5.74) is 1.96. The molecule has 3 nitrogen and oxygen atoms in total. The Morgan fingerprint density at radius 3 is 2.67 bits per heavy atom. The number of aliphatic hydroxyl groups is 1. The third-order valence-electron chi connectivity index (χ3n) is 3.87. The van der Waals surface area contributed by atoms with Crippen LogP contribution >= 0.6 is 0 Å². The minimum atomic E-state index is -0.473. The summed E-state index contributed by atoms with van der Waals surface area (Å²) < 4.78 is 5.26. The number of rotatable bonds is 4. The van der Waals surface area contributed by atoms with Crippen molar-refractivity contribution in [3.63, 3.8) is 0 Å². The number of benzene rings is 1. The van der Waals surface area contributed by atoms with Crippen LogP contribution in [0.4, 0.5) is 0 Å². The molecular weight excluding hydrogens is 226 g/mol. The second kappa shape index (κ2) is 5.72. The van der Waals surface area contributed by atoms with Crippen molar-refractivity contribution < 1.29 is 9.84 Å². The average molecular weight is 249 g/mol. The van der Waals surface area contributed by atoms with Gasteiger partial charge < -0.3 is 15.2 Å². The van der Waals surface area contributed by atoms with Crippen molar-refractivity contribution in [1.29, 1.82) is 0 Å². The van der Waals surface area contributed by atoms with Crippen molar-refractivity contribution in [3.05, 3.63) is 29.3 Å². The third-order valence-corrected chi connectivity index (χ3v) is 3.87. The van der Waals surface area contributed by atoms with Crippen LogP contribution in [0, 0.1) is 6.92 Å². The molecule has 0 aliphatic carbocycles. The molecule has 0 atom stereocenters. The fraction of sp³-hybridized carbons (Fsp3) is 0.600. The van der Waals surface area contributed by atoms with Crippen LogP contribution < -0.4 is 10.1 Å². The van der Waals surface area contributed by atoms with E-state index < -0.39 is 5.60 Å². The van der Waals surface area contributed by atoms with E-state index >= 15 is 0 Å². The molecule has 0 saturated carbocycles. The van der Waals surface area contributed by atoms with E-state index in [1.807, 2.05) is 6.07 Å². The van der Waals surface area contributed by atoms with Crippen LogP contribution in [0.5, 0.6) is 5.75 Å². The molecule has 0 unspecified atom stereocenters. The molecule has 1 saturated heterocycles. The first-order chi connectivity index (χ1) is 8.63. The highest BCUT2D eigenvalue weighted by atomic mass is 16.5. The Bertz CT molecular complexity index is 397. The highest BCUT2D eigenvalue weighted by Gasteiger charge is 2.28. The first kappa shape index (κ1) is 13.4. The maximum Gasteiger partial charge on any atom is 0.121 e. The van der Waals surface area contributed by atoms with Gasteiger partial charge in [-0.1, -0.05) is 12.1 Å². The number of hydrogen-bond donors (Lipinski definition) is 2. The molecule has 1 fully saturated rings. The Morgan fingerprint density at radius 2 is 2.06 bits per heavy atom. The maximum atomic E-state index is 10.4. The summed E-state index contributed by atoms with van der Waals surface area (Å²) in [4.78, 5) is 0. The first-order valence-electron chi connectivity index (χ1n) is 6.70. The van der Waals surface area contributed by atoms with E-state index in [2.05, 4.69) is 24.4 Å². The lowest BCUT2D eigenvalue weighted by atomic mass is 9.86. The molecule has 2 N–H and O–H groups in total. The smallest absolute Gasteiger partial charge is 0.121 e. The van der Waals surface area contributed by atoms with E-state index in [-0.39, 0.29) is 0 Å². The zero-order valence-electron chi connectivity index (χ0n) is 11.3. The number of ether oxygens (including phenoxy) is 1. The first-order valence-corrected chi connectivity index (χ1v) is 6.70. The Balaban J connectivity index is 1.95. The highest BCUT2D eigenvalue weighted by Crippen LogP contribution is 2.25. The van der Waals surface area contributed by atoms with E-state index in [4.69, 9.17) is 4.74 Å². The number of methoxy groups -OCH3 is 1. The summed E-state index contributed by atoms with van der Waals surface area (Å²) in [5, 5.41) is 13.7. The lowest BCUT2D eigenvalue weighted by molar-refractivity contribution is 0.00281. The molecular formula is C15H23NO2. The topological polar surface area (TPSA) is 41.5 Å². The fourth-order valence-corrected chi connectivity index (χ4v) is 2.62. The van der Waals surface area contributed by atoms with Gasteiger partial charge in [-0.05, 0) is 62.9 Å². The van der Waals surface area contributed by atoms with Crippen LogP contribution in [0.15, 0.2) is 18.2 Å². The van der Waals surface area contributed by atoms with Crippen LogP contribution in [0.1, 0.15) is 30.4 Å². The molecule has 3 heteroatoms. The number of nitrogens with one attached hydrogen (secondary N) is 1. The third kappa shape index (κ3) is 3.24. The number of piperidine rings is 1. The van der Waals surface area contributed by atoms with Gasteiger partial charge in [0.1, 0.15) is 5.75 Å². The van der Waals surface area contributed by atoms with Gasteiger partial charge in [0, 0.05) is 0 Å². The second-order valence-electron chi connectivity index (χ2n) is 5.28. The van der Waals surface area contributed by atoms with Crippen molar-refractivity contribution in [1.82, 2.24) is 5.32 Å². The summed E-state index contributed by atoms with van der Waals surface area (Å²) in [6.07, 6.45) is 3.51. The SMILES string of the molecule is COc1ccc(CCC2(O)CCNCC2)cc1C. The number of aryl methyl sites for hydroxylation is 2. The van der Waals surface area contributed by atoms with Crippen molar-refractivity contribution in [2.45, 2.75) is 38.2 Å². The second-order valence-corrected chi connectivity index (χ2v) is 5.28. The van der Waals surface area contributed by atoms with E-state index in [1.54, 1.807) is 7.11 Å². The molecule has 1 aliphatic heterocycles.